The van der Waals surface area contributed by atoms with E-state index in [0.717, 1.165) is 17.5 Å². The minimum atomic E-state index is -0.747. The first-order valence-electron chi connectivity index (χ1n) is 12.4. The van der Waals surface area contributed by atoms with Gasteiger partial charge in [-0.3, -0.25) is 14.4 Å². The number of carbonyl (C=O) groups excluding carboxylic acids is 3. The van der Waals surface area contributed by atoms with Crippen LogP contribution in [0.25, 0.3) is 0 Å². The molecular weight excluding hydrogens is 426 g/mol. The molecule has 5 rings (SSSR count). The molecule has 34 heavy (non-hydrogen) atoms. The van der Waals surface area contributed by atoms with Crippen molar-refractivity contribution in [3.8, 4) is 0 Å². The van der Waals surface area contributed by atoms with Gasteiger partial charge in [0.2, 0.25) is 17.7 Å². The van der Waals surface area contributed by atoms with Crippen LogP contribution < -0.4 is 5.32 Å². The summed E-state index contributed by atoms with van der Waals surface area (Å²) in [5.41, 5.74) is 1.25. The van der Waals surface area contributed by atoms with Crippen LogP contribution in [-0.4, -0.2) is 45.1 Å². The van der Waals surface area contributed by atoms with E-state index in [-0.39, 0.29) is 35.6 Å². The second-order valence-corrected chi connectivity index (χ2v) is 10.4. The third kappa shape index (κ3) is 3.69. The maximum absolute atomic E-state index is 13.8. The molecule has 0 unspecified atom stereocenters. The Labute approximate surface area is 201 Å². The van der Waals surface area contributed by atoms with Crippen LogP contribution in [-0.2, 0) is 27.5 Å². The smallest absolute Gasteiger partial charge is 0.245 e. The molecule has 1 spiro atoms. The first-order chi connectivity index (χ1) is 16.4. The van der Waals surface area contributed by atoms with E-state index in [9.17, 15) is 14.4 Å². The molecule has 4 atom stereocenters. The minimum absolute atomic E-state index is 0.00765. The van der Waals surface area contributed by atoms with Crippen LogP contribution in [0.2, 0.25) is 0 Å². The summed E-state index contributed by atoms with van der Waals surface area (Å²) in [5, 5.41) is 3.10. The fourth-order valence-electron chi connectivity index (χ4n) is 6.48. The molecule has 1 N–H and O–H groups in total. The number of amides is 3. The minimum Gasteiger partial charge on any atom is -0.350 e. The van der Waals surface area contributed by atoms with Crippen molar-refractivity contribution in [1.29, 1.82) is 0 Å². The number of hydrogen-bond acceptors (Lipinski definition) is 3. The predicted molar refractivity (Wildman–Crippen MR) is 129 cm³/mol. The molecule has 0 radical (unpaired) electrons. The first kappa shape index (κ1) is 22.6. The highest BCUT2D eigenvalue weighted by atomic mass is 16.2. The zero-order chi connectivity index (χ0) is 23.9. The molecule has 0 aliphatic carbocycles. The molecular formula is C28H33N3O3. The fourth-order valence-corrected chi connectivity index (χ4v) is 6.48. The van der Waals surface area contributed by atoms with Gasteiger partial charge < -0.3 is 15.1 Å². The zero-order valence-electron chi connectivity index (χ0n) is 19.9. The standard InChI is InChI=1S/C28H33N3O3/c1-19(2)15-24(32)31-22-13-14-28(31)23(16-22)27(34)30(18-21-11-7-4-8-12-21)25(28)26(33)29-17-20-9-5-3-6-10-20/h3-12,19,22-23,25H,13-18H2,1-2H3,(H,29,33)/t22-,23+,25-,28+/m0/s1. The molecule has 2 bridgehead atoms. The Balaban J connectivity index is 1.50. The van der Waals surface area contributed by atoms with Crippen LogP contribution >= 0.6 is 0 Å². The second kappa shape index (κ2) is 8.90. The number of fused-ring (bicyclic) bond motifs is 1. The number of rotatable bonds is 7. The highest BCUT2D eigenvalue weighted by molar-refractivity contribution is 5.97. The second-order valence-electron chi connectivity index (χ2n) is 10.4. The maximum Gasteiger partial charge on any atom is 0.245 e. The quantitative estimate of drug-likeness (QED) is 0.689. The summed E-state index contributed by atoms with van der Waals surface area (Å²) in [6.45, 7) is 4.85. The number of carbonyl (C=O) groups is 3. The monoisotopic (exact) mass is 459 g/mol. The molecule has 6 heteroatoms. The van der Waals surface area contributed by atoms with Crippen molar-refractivity contribution in [2.45, 2.75) is 70.2 Å². The average molecular weight is 460 g/mol. The van der Waals surface area contributed by atoms with Crippen molar-refractivity contribution in [2.24, 2.45) is 11.8 Å². The molecule has 3 aliphatic rings. The van der Waals surface area contributed by atoms with Gasteiger partial charge in [-0.25, -0.2) is 0 Å². The summed E-state index contributed by atoms with van der Waals surface area (Å²) in [5.74, 6) is -0.159. The van der Waals surface area contributed by atoms with E-state index in [2.05, 4.69) is 5.32 Å². The van der Waals surface area contributed by atoms with Gasteiger partial charge in [-0.15, -0.1) is 0 Å². The lowest BCUT2D eigenvalue weighted by atomic mass is 9.75. The lowest BCUT2D eigenvalue weighted by Crippen LogP contribution is -2.61. The van der Waals surface area contributed by atoms with Crippen molar-refractivity contribution in [3.63, 3.8) is 0 Å². The zero-order valence-corrected chi connectivity index (χ0v) is 19.9. The van der Waals surface area contributed by atoms with Crippen molar-refractivity contribution in [3.05, 3.63) is 71.8 Å². The van der Waals surface area contributed by atoms with E-state index >= 15 is 0 Å². The van der Waals surface area contributed by atoms with Gasteiger partial charge in [-0.1, -0.05) is 74.5 Å². The van der Waals surface area contributed by atoms with Crippen molar-refractivity contribution in [1.82, 2.24) is 15.1 Å². The van der Waals surface area contributed by atoms with Crippen LogP contribution in [0, 0.1) is 11.8 Å². The van der Waals surface area contributed by atoms with Crippen molar-refractivity contribution in [2.75, 3.05) is 0 Å². The number of hydrogen-bond donors (Lipinski definition) is 1. The van der Waals surface area contributed by atoms with Crippen LogP contribution in [0.5, 0.6) is 0 Å². The Bertz CT molecular complexity index is 1070. The molecule has 3 amide bonds. The molecule has 2 aromatic carbocycles. The van der Waals surface area contributed by atoms with Gasteiger partial charge in [0.1, 0.15) is 6.04 Å². The Hall–Kier alpha value is -3.15. The number of nitrogens with one attached hydrogen (secondary N) is 1. The third-order valence-electron chi connectivity index (χ3n) is 7.77. The largest absolute Gasteiger partial charge is 0.350 e. The highest BCUT2D eigenvalue weighted by Crippen LogP contribution is 2.58. The molecule has 3 fully saturated rings. The van der Waals surface area contributed by atoms with Gasteiger partial charge in [-0.2, -0.15) is 0 Å². The summed E-state index contributed by atoms with van der Waals surface area (Å²) in [4.78, 5) is 44.8. The Morgan fingerprint density at radius 3 is 2.32 bits per heavy atom. The van der Waals surface area contributed by atoms with E-state index in [1.54, 1.807) is 4.90 Å². The molecule has 178 valence electrons. The molecule has 3 heterocycles. The normalized spacial score (nSPS) is 27.4. The Morgan fingerprint density at radius 1 is 1.03 bits per heavy atom. The first-order valence-corrected chi connectivity index (χ1v) is 12.4. The van der Waals surface area contributed by atoms with Gasteiger partial charge in [0.05, 0.1) is 11.5 Å². The predicted octanol–water partition coefficient (Wildman–Crippen LogP) is 3.51. The number of nitrogens with zero attached hydrogens (tertiary/aromatic N) is 2. The number of benzene rings is 2. The molecule has 3 aliphatic heterocycles. The van der Waals surface area contributed by atoms with E-state index in [0.29, 0.717) is 32.4 Å². The summed E-state index contributed by atoms with van der Waals surface area (Å²) < 4.78 is 0. The van der Waals surface area contributed by atoms with Crippen LogP contribution in [0.3, 0.4) is 0 Å². The Morgan fingerprint density at radius 2 is 1.68 bits per heavy atom. The number of likely N-dealkylation sites (tertiary alicyclic amines) is 1. The molecule has 2 aromatic rings. The van der Waals surface area contributed by atoms with Crippen molar-refractivity contribution < 1.29 is 14.4 Å². The van der Waals surface area contributed by atoms with Crippen LogP contribution in [0.1, 0.15) is 50.7 Å². The maximum atomic E-state index is 13.8. The van der Waals surface area contributed by atoms with Crippen molar-refractivity contribution >= 4 is 17.7 Å². The molecule has 3 saturated heterocycles. The van der Waals surface area contributed by atoms with Gasteiger partial charge >= 0.3 is 0 Å². The average Bonchev–Trinajstić information content (AvgIpc) is 3.43. The summed E-state index contributed by atoms with van der Waals surface area (Å²) in [6.07, 6.45) is 2.66. The van der Waals surface area contributed by atoms with E-state index < -0.39 is 11.6 Å². The highest BCUT2D eigenvalue weighted by Gasteiger charge is 2.72. The summed E-state index contributed by atoms with van der Waals surface area (Å²) in [7, 11) is 0. The molecule has 0 aromatic heterocycles. The Kier molecular flexibility index (Phi) is 5.92. The topological polar surface area (TPSA) is 69.7 Å². The van der Waals surface area contributed by atoms with Crippen LogP contribution in [0.15, 0.2) is 60.7 Å². The van der Waals surface area contributed by atoms with E-state index in [4.69, 9.17) is 0 Å². The van der Waals surface area contributed by atoms with Crippen LogP contribution in [0.4, 0.5) is 0 Å². The van der Waals surface area contributed by atoms with Gasteiger partial charge in [0, 0.05) is 25.6 Å². The SMILES string of the molecule is CC(C)CC(=O)N1[C@H]2CC[C@]13[C@H](C2)C(=O)N(Cc1ccccc1)[C@H]3C(=O)NCc1ccccc1. The van der Waals surface area contributed by atoms with Gasteiger partial charge in [-0.05, 0) is 36.3 Å². The van der Waals surface area contributed by atoms with Gasteiger partial charge in [0.25, 0.3) is 0 Å². The van der Waals surface area contributed by atoms with Gasteiger partial charge in [0.15, 0.2) is 0 Å². The molecule has 0 saturated carbocycles. The summed E-state index contributed by atoms with van der Waals surface area (Å²) >= 11 is 0. The summed E-state index contributed by atoms with van der Waals surface area (Å²) in [6, 6.07) is 19.0. The lowest BCUT2D eigenvalue weighted by Gasteiger charge is -2.40. The lowest BCUT2D eigenvalue weighted by molar-refractivity contribution is -0.142. The third-order valence-corrected chi connectivity index (χ3v) is 7.77. The molecule has 6 nitrogen and oxygen atoms in total. The fraction of sp³-hybridized carbons (Fsp3) is 0.464. The van der Waals surface area contributed by atoms with E-state index in [1.165, 1.54) is 0 Å². The van der Waals surface area contributed by atoms with E-state index in [1.807, 2.05) is 79.4 Å².